The van der Waals surface area contributed by atoms with Gasteiger partial charge in [-0.3, -0.25) is 4.79 Å². The largest absolute Gasteiger partial charge is 0.406 e. The summed E-state index contributed by atoms with van der Waals surface area (Å²) in [5.41, 5.74) is 0.0172. The Morgan fingerprint density at radius 2 is 2.11 bits per heavy atom. The van der Waals surface area contributed by atoms with Gasteiger partial charge in [-0.15, -0.1) is 0 Å². The van der Waals surface area contributed by atoms with Crippen LogP contribution in [0.1, 0.15) is 30.3 Å². The van der Waals surface area contributed by atoms with Crippen LogP contribution in [0.5, 0.6) is 0 Å². The van der Waals surface area contributed by atoms with Gasteiger partial charge in [0.2, 0.25) is 0 Å². The molecule has 0 aliphatic rings. The van der Waals surface area contributed by atoms with Gasteiger partial charge in [-0.2, -0.15) is 13.2 Å². The first kappa shape index (κ1) is 15.9. The summed E-state index contributed by atoms with van der Waals surface area (Å²) in [7, 11) is 0. The van der Waals surface area contributed by atoms with Crippen molar-refractivity contribution in [2.45, 2.75) is 25.9 Å². The molecule has 1 heterocycles. The molecular weight excluding hydrogens is 325 g/mol. The first-order valence-electron chi connectivity index (χ1n) is 5.81. The number of pyridine rings is 1. The third-order valence-electron chi connectivity index (χ3n) is 2.39. The van der Waals surface area contributed by atoms with Gasteiger partial charge in [-0.1, -0.05) is 13.3 Å². The number of aromatic nitrogens is 1. The molecule has 1 aromatic rings. The Hall–Kier alpha value is -1.11. The van der Waals surface area contributed by atoms with Gasteiger partial charge in [0.25, 0.3) is 5.91 Å². The lowest BCUT2D eigenvalue weighted by atomic mass is 10.2. The highest BCUT2D eigenvalue weighted by atomic mass is 79.9. The molecule has 0 saturated heterocycles. The summed E-state index contributed by atoms with van der Waals surface area (Å²) < 4.78 is 38.0. The molecule has 19 heavy (non-hydrogen) atoms. The fraction of sp³-hybridized carbons (Fsp3) is 0.500. The molecule has 1 amide bonds. The number of halogens is 4. The number of carbonyl (C=O) groups is 1. The number of amides is 1. The fourth-order valence-corrected chi connectivity index (χ4v) is 1.72. The molecule has 0 saturated carbocycles. The van der Waals surface area contributed by atoms with Crippen LogP contribution < -0.4 is 0 Å². The lowest BCUT2D eigenvalue weighted by molar-refractivity contribution is -0.140. The summed E-state index contributed by atoms with van der Waals surface area (Å²) >= 11 is 3.15. The first-order chi connectivity index (χ1) is 8.83. The Morgan fingerprint density at radius 1 is 1.42 bits per heavy atom. The normalized spacial score (nSPS) is 11.4. The molecule has 0 N–H and O–H groups in total. The van der Waals surface area contributed by atoms with Crippen LogP contribution in [-0.4, -0.2) is 35.1 Å². The van der Waals surface area contributed by atoms with E-state index in [-0.39, 0.29) is 12.2 Å². The van der Waals surface area contributed by atoms with Crippen molar-refractivity contribution in [3.05, 3.63) is 28.5 Å². The van der Waals surface area contributed by atoms with Crippen molar-refractivity contribution < 1.29 is 18.0 Å². The molecule has 1 rings (SSSR count). The van der Waals surface area contributed by atoms with Crippen LogP contribution in [0.2, 0.25) is 0 Å². The van der Waals surface area contributed by atoms with Crippen molar-refractivity contribution in [1.29, 1.82) is 0 Å². The summed E-state index contributed by atoms with van der Waals surface area (Å²) in [4.78, 5) is 16.6. The van der Waals surface area contributed by atoms with Crippen molar-refractivity contribution in [3.8, 4) is 0 Å². The zero-order valence-electron chi connectivity index (χ0n) is 10.4. The van der Waals surface area contributed by atoms with Crippen molar-refractivity contribution in [2.24, 2.45) is 0 Å². The van der Waals surface area contributed by atoms with Gasteiger partial charge in [0.05, 0.1) is 0 Å². The molecule has 7 heteroatoms. The molecule has 0 radical (unpaired) electrons. The Bertz CT molecular complexity index is 420. The molecule has 0 bridgehead atoms. The zero-order valence-corrected chi connectivity index (χ0v) is 12.0. The van der Waals surface area contributed by atoms with Crippen molar-refractivity contribution in [1.82, 2.24) is 9.88 Å². The van der Waals surface area contributed by atoms with Crippen LogP contribution in [0.25, 0.3) is 0 Å². The van der Waals surface area contributed by atoms with E-state index in [1.54, 1.807) is 6.07 Å². The minimum atomic E-state index is -4.40. The number of rotatable bonds is 5. The van der Waals surface area contributed by atoms with E-state index in [1.807, 2.05) is 6.92 Å². The van der Waals surface area contributed by atoms with Crippen LogP contribution in [0.4, 0.5) is 13.2 Å². The summed E-state index contributed by atoms with van der Waals surface area (Å²) in [6.45, 7) is 0.685. The number of carbonyl (C=O) groups excluding carboxylic acids is 1. The predicted octanol–water partition coefficient (Wildman–Crippen LogP) is 3.65. The van der Waals surface area contributed by atoms with Crippen molar-refractivity contribution in [2.75, 3.05) is 13.1 Å². The third kappa shape index (κ3) is 5.59. The van der Waals surface area contributed by atoms with Crippen LogP contribution >= 0.6 is 15.9 Å². The minimum absolute atomic E-state index is 0.0172. The monoisotopic (exact) mass is 338 g/mol. The highest BCUT2D eigenvalue weighted by molar-refractivity contribution is 9.10. The molecule has 1 aromatic heterocycles. The summed E-state index contributed by atoms with van der Waals surface area (Å²) in [5, 5.41) is 0. The number of unbranched alkanes of at least 4 members (excludes halogenated alkanes) is 1. The molecule has 0 fully saturated rings. The molecule has 0 unspecified atom stereocenters. The second-order valence-electron chi connectivity index (χ2n) is 4.06. The van der Waals surface area contributed by atoms with Crippen molar-refractivity contribution in [3.63, 3.8) is 0 Å². The van der Waals surface area contributed by atoms with Gasteiger partial charge >= 0.3 is 6.18 Å². The molecule has 3 nitrogen and oxygen atoms in total. The topological polar surface area (TPSA) is 33.2 Å². The lowest BCUT2D eigenvalue weighted by Gasteiger charge is -2.23. The quantitative estimate of drug-likeness (QED) is 0.821. The maximum absolute atomic E-state index is 12.5. The average molecular weight is 339 g/mol. The van der Waals surface area contributed by atoms with Crippen LogP contribution in [-0.2, 0) is 0 Å². The van der Waals surface area contributed by atoms with E-state index < -0.39 is 18.6 Å². The van der Waals surface area contributed by atoms with Gasteiger partial charge in [0.15, 0.2) is 0 Å². The van der Waals surface area contributed by atoms with E-state index in [2.05, 4.69) is 20.9 Å². The van der Waals surface area contributed by atoms with E-state index in [1.165, 1.54) is 12.3 Å². The highest BCUT2D eigenvalue weighted by Gasteiger charge is 2.33. The van der Waals surface area contributed by atoms with Gasteiger partial charge in [-0.25, -0.2) is 4.98 Å². The fourth-order valence-electron chi connectivity index (χ4n) is 1.48. The summed E-state index contributed by atoms with van der Waals surface area (Å²) in [6.07, 6.45) is -1.77. The maximum atomic E-state index is 12.5. The van der Waals surface area contributed by atoms with E-state index >= 15 is 0 Å². The third-order valence-corrected chi connectivity index (χ3v) is 2.85. The Kier molecular flexibility index (Phi) is 5.78. The van der Waals surface area contributed by atoms with Crippen LogP contribution in [0, 0.1) is 0 Å². The molecule has 0 atom stereocenters. The average Bonchev–Trinajstić information content (AvgIpc) is 2.33. The number of hydrogen-bond acceptors (Lipinski definition) is 2. The van der Waals surface area contributed by atoms with Crippen LogP contribution in [0.15, 0.2) is 22.8 Å². The molecule has 0 aliphatic carbocycles. The molecule has 0 aromatic carbocycles. The predicted molar refractivity (Wildman–Crippen MR) is 68.8 cm³/mol. The highest BCUT2D eigenvalue weighted by Crippen LogP contribution is 2.18. The van der Waals surface area contributed by atoms with Gasteiger partial charge in [0, 0.05) is 17.2 Å². The minimum Gasteiger partial charge on any atom is -0.328 e. The van der Waals surface area contributed by atoms with E-state index in [4.69, 9.17) is 0 Å². The zero-order chi connectivity index (χ0) is 14.5. The van der Waals surface area contributed by atoms with Gasteiger partial charge in [0.1, 0.15) is 12.2 Å². The van der Waals surface area contributed by atoms with E-state index in [9.17, 15) is 18.0 Å². The molecule has 106 valence electrons. The first-order valence-corrected chi connectivity index (χ1v) is 6.60. The number of alkyl halides is 3. The summed E-state index contributed by atoms with van der Waals surface area (Å²) in [5.74, 6) is -0.696. The second kappa shape index (κ2) is 6.88. The van der Waals surface area contributed by atoms with E-state index in [0.717, 1.165) is 11.3 Å². The van der Waals surface area contributed by atoms with Crippen LogP contribution in [0.3, 0.4) is 0 Å². The Balaban J connectivity index is 2.83. The second-order valence-corrected chi connectivity index (χ2v) is 4.97. The number of hydrogen-bond donors (Lipinski definition) is 0. The molecule has 0 spiro atoms. The Morgan fingerprint density at radius 3 is 2.58 bits per heavy atom. The molecular formula is C12H14BrF3N2O. The standard InChI is InChI=1S/C12H14BrF3N2O/c1-2-3-6-18(8-12(14,15)16)11(19)10-5-4-9(13)7-17-10/h4-5,7H,2-3,6,8H2,1H3. The van der Waals surface area contributed by atoms with Gasteiger partial charge in [-0.05, 0) is 34.5 Å². The van der Waals surface area contributed by atoms with E-state index in [0.29, 0.717) is 10.9 Å². The Labute approximate surface area is 117 Å². The van der Waals surface area contributed by atoms with Crippen molar-refractivity contribution >= 4 is 21.8 Å². The maximum Gasteiger partial charge on any atom is 0.406 e. The smallest absolute Gasteiger partial charge is 0.328 e. The lowest BCUT2D eigenvalue weighted by Crippen LogP contribution is -2.39. The number of nitrogens with zero attached hydrogens (tertiary/aromatic N) is 2. The van der Waals surface area contributed by atoms with Gasteiger partial charge < -0.3 is 4.90 Å². The SMILES string of the molecule is CCCCN(CC(F)(F)F)C(=O)c1ccc(Br)cn1. The molecule has 0 aliphatic heterocycles. The summed E-state index contributed by atoms with van der Waals surface area (Å²) in [6, 6.07) is 2.98.